The fraction of sp³-hybridized carbons (Fsp3) is 0.800. The van der Waals surface area contributed by atoms with Gasteiger partial charge in [0.25, 0.3) is 0 Å². The van der Waals surface area contributed by atoms with E-state index >= 15 is 0 Å². The molecule has 134 valence electrons. The Labute approximate surface area is 138 Å². The molecule has 0 amide bonds. The highest BCUT2D eigenvalue weighted by molar-refractivity contribution is 6.73. The molecule has 7 nitrogen and oxygen atoms in total. The van der Waals surface area contributed by atoms with Crippen molar-refractivity contribution in [3.8, 4) is 0 Å². The Morgan fingerprint density at radius 3 is 1.65 bits per heavy atom. The van der Waals surface area contributed by atoms with Gasteiger partial charge in [-0.25, -0.2) is 4.79 Å². The highest BCUT2D eigenvalue weighted by Crippen LogP contribution is 2.26. The van der Waals surface area contributed by atoms with Gasteiger partial charge in [0.1, 0.15) is 6.10 Å². The monoisotopic (exact) mass is 348 g/mol. The van der Waals surface area contributed by atoms with Crippen LogP contribution in [0.15, 0.2) is 0 Å². The predicted molar refractivity (Wildman–Crippen MR) is 86.5 cm³/mol. The summed E-state index contributed by atoms with van der Waals surface area (Å²) in [5.74, 6) is -3.67. The topological polar surface area (TPSA) is 99.1 Å². The molecule has 1 unspecified atom stereocenters. The van der Waals surface area contributed by atoms with Crippen molar-refractivity contribution < 1.29 is 33.4 Å². The standard InChI is InChI=1S/C15H28O7Si/c1-6-23(7-2,8-3)22-12(13(16)17)10-9-11(14(18)20-4)15(19)21-5/h11-12H,6-10H2,1-5H3,(H,16,17). The van der Waals surface area contributed by atoms with E-state index < -0.39 is 38.2 Å². The molecule has 0 saturated carbocycles. The molecule has 0 radical (unpaired) electrons. The molecule has 0 heterocycles. The van der Waals surface area contributed by atoms with Gasteiger partial charge in [-0.15, -0.1) is 0 Å². The number of methoxy groups -OCH3 is 2. The van der Waals surface area contributed by atoms with Crippen molar-refractivity contribution in [1.29, 1.82) is 0 Å². The van der Waals surface area contributed by atoms with Crippen LogP contribution in [0.1, 0.15) is 33.6 Å². The van der Waals surface area contributed by atoms with E-state index in [-0.39, 0.29) is 12.8 Å². The fourth-order valence-electron chi connectivity index (χ4n) is 2.47. The SMILES string of the molecule is CC[Si](CC)(CC)OC(CCC(C(=O)OC)C(=O)OC)C(=O)O. The van der Waals surface area contributed by atoms with Crippen LogP contribution >= 0.6 is 0 Å². The molecule has 0 aromatic heterocycles. The number of hydrogen-bond donors (Lipinski definition) is 1. The summed E-state index contributed by atoms with van der Waals surface area (Å²) in [5.41, 5.74) is 0. The zero-order valence-corrected chi connectivity index (χ0v) is 15.6. The molecule has 23 heavy (non-hydrogen) atoms. The van der Waals surface area contributed by atoms with Gasteiger partial charge >= 0.3 is 17.9 Å². The second-order valence-corrected chi connectivity index (χ2v) is 10.1. The maximum Gasteiger partial charge on any atom is 0.331 e. The zero-order chi connectivity index (χ0) is 18.0. The molecule has 0 aromatic rings. The number of hydrogen-bond acceptors (Lipinski definition) is 6. The molecule has 0 bridgehead atoms. The molecule has 0 aromatic carbocycles. The van der Waals surface area contributed by atoms with Crippen molar-refractivity contribution in [2.75, 3.05) is 14.2 Å². The number of carboxylic acids is 1. The first kappa shape index (κ1) is 21.6. The molecule has 0 rings (SSSR count). The predicted octanol–water partition coefficient (Wildman–Crippen LogP) is 2.20. The number of ether oxygens (including phenoxy) is 2. The third kappa shape index (κ3) is 6.30. The average molecular weight is 348 g/mol. The van der Waals surface area contributed by atoms with Crippen LogP contribution in [0.2, 0.25) is 18.1 Å². The molecule has 0 aliphatic heterocycles. The molecule has 0 saturated heterocycles. The molecule has 8 heteroatoms. The largest absolute Gasteiger partial charge is 0.479 e. The first-order valence-corrected chi connectivity index (χ1v) is 10.4. The Hall–Kier alpha value is -1.41. The number of esters is 2. The number of carboxylic acid groups (broad SMARTS) is 1. The van der Waals surface area contributed by atoms with E-state index in [0.717, 1.165) is 18.1 Å². The molecular formula is C15H28O7Si. The van der Waals surface area contributed by atoms with Gasteiger partial charge in [0, 0.05) is 0 Å². The Morgan fingerprint density at radius 2 is 1.35 bits per heavy atom. The van der Waals surface area contributed by atoms with Gasteiger partial charge in [-0.05, 0) is 31.0 Å². The van der Waals surface area contributed by atoms with E-state index in [1.807, 2.05) is 20.8 Å². The third-order valence-corrected chi connectivity index (χ3v) is 8.94. The molecule has 0 spiro atoms. The van der Waals surface area contributed by atoms with Gasteiger partial charge < -0.3 is 19.0 Å². The lowest BCUT2D eigenvalue weighted by atomic mass is 10.0. The first-order chi connectivity index (χ1) is 10.8. The number of carbonyl (C=O) groups excluding carboxylic acids is 2. The van der Waals surface area contributed by atoms with Gasteiger partial charge in [0.15, 0.2) is 14.2 Å². The van der Waals surface area contributed by atoms with Crippen molar-refractivity contribution in [3.63, 3.8) is 0 Å². The lowest BCUT2D eigenvalue weighted by Crippen LogP contribution is -2.43. The number of rotatable bonds is 11. The van der Waals surface area contributed by atoms with E-state index in [1.165, 1.54) is 14.2 Å². The Morgan fingerprint density at radius 1 is 0.913 bits per heavy atom. The van der Waals surface area contributed by atoms with E-state index in [9.17, 15) is 19.5 Å². The summed E-state index contributed by atoms with van der Waals surface area (Å²) in [4.78, 5) is 34.8. The minimum absolute atomic E-state index is 0.0118. The lowest BCUT2D eigenvalue weighted by Gasteiger charge is -2.31. The Balaban J connectivity index is 5.03. The maximum atomic E-state index is 11.6. The minimum Gasteiger partial charge on any atom is -0.479 e. The van der Waals surface area contributed by atoms with Gasteiger partial charge in [-0.2, -0.15) is 0 Å². The van der Waals surface area contributed by atoms with Crippen LogP contribution in [0.25, 0.3) is 0 Å². The van der Waals surface area contributed by atoms with Crippen molar-refractivity contribution >= 4 is 26.2 Å². The van der Waals surface area contributed by atoms with Crippen molar-refractivity contribution in [3.05, 3.63) is 0 Å². The summed E-state index contributed by atoms with van der Waals surface area (Å²) < 4.78 is 15.1. The lowest BCUT2D eigenvalue weighted by molar-refractivity contribution is -0.160. The highest BCUT2D eigenvalue weighted by atomic mass is 28.4. The second-order valence-electron chi connectivity index (χ2n) is 5.36. The normalized spacial score (nSPS) is 12.8. The molecule has 0 aliphatic rings. The zero-order valence-electron chi connectivity index (χ0n) is 14.6. The van der Waals surface area contributed by atoms with Crippen molar-refractivity contribution in [2.45, 2.75) is 57.8 Å². The van der Waals surface area contributed by atoms with Crippen LogP contribution in [0, 0.1) is 5.92 Å². The Bertz CT molecular complexity index is 382. The van der Waals surface area contributed by atoms with E-state index in [1.54, 1.807) is 0 Å². The van der Waals surface area contributed by atoms with Crippen molar-refractivity contribution in [2.24, 2.45) is 5.92 Å². The number of aliphatic carboxylic acids is 1. The van der Waals surface area contributed by atoms with Gasteiger partial charge in [0.2, 0.25) is 0 Å². The fourth-order valence-corrected chi connectivity index (χ4v) is 5.29. The summed E-state index contributed by atoms with van der Waals surface area (Å²) in [6, 6.07) is 2.46. The van der Waals surface area contributed by atoms with Crippen LogP contribution in [0.3, 0.4) is 0 Å². The molecule has 1 atom stereocenters. The van der Waals surface area contributed by atoms with Gasteiger partial charge in [-0.3, -0.25) is 9.59 Å². The molecule has 0 fully saturated rings. The highest BCUT2D eigenvalue weighted by Gasteiger charge is 2.36. The van der Waals surface area contributed by atoms with E-state index in [4.69, 9.17) is 4.43 Å². The quantitative estimate of drug-likeness (QED) is 0.347. The van der Waals surface area contributed by atoms with Crippen molar-refractivity contribution in [1.82, 2.24) is 0 Å². The summed E-state index contributed by atoms with van der Waals surface area (Å²) in [5, 5.41) is 9.39. The van der Waals surface area contributed by atoms with Crippen LogP contribution in [-0.4, -0.2) is 51.7 Å². The summed E-state index contributed by atoms with van der Waals surface area (Å²) in [6.45, 7) is 6.01. The van der Waals surface area contributed by atoms with E-state index in [2.05, 4.69) is 9.47 Å². The van der Waals surface area contributed by atoms with Gasteiger partial charge in [0.05, 0.1) is 14.2 Å². The van der Waals surface area contributed by atoms with Gasteiger partial charge in [-0.1, -0.05) is 20.8 Å². The average Bonchev–Trinajstić information content (AvgIpc) is 2.57. The van der Waals surface area contributed by atoms with Crippen LogP contribution in [0.4, 0.5) is 0 Å². The third-order valence-electron chi connectivity index (χ3n) is 4.29. The van der Waals surface area contributed by atoms with Crippen LogP contribution < -0.4 is 0 Å². The number of carbonyl (C=O) groups is 3. The Kier molecular flexibility index (Phi) is 9.74. The summed E-state index contributed by atoms with van der Waals surface area (Å²) >= 11 is 0. The first-order valence-electron chi connectivity index (χ1n) is 7.87. The van der Waals surface area contributed by atoms with Crippen LogP contribution in [0.5, 0.6) is 0 Å². The summed E-state index contributed by atoms with van der Waals surface area (Å²) in [7, 11) is 0.247. The minimum atomic E-state index is -2.10. The molecule has 0 aliphatic carbocycles. The molecular weight excluding hydrogens is 320 g/mol. The molecule has 1 N–H and O–H groups in total. The summed E-state index contributed by atoms with van der Waals surface area (Å²) in [6.07, 6.45) is -0.963. The van der Waals surface area contributed by atoms with Crippen LogP contribution in [-0.2, 0) is 28.3 Å². The maximum absolute atomic E-state index is 11.6. The second kappa shape index (κ2) is 10.4. The smallest absolute Gasteiger partial charge is 0.331 e. The van der Waals surface area contributed by atoms with E-state index in [0.29, 0.717) is 0 Å².